The quantitative estimate of drug-likeness (QED) is 0.444. The standard InChI is InChI=1S/C8H6N4O2/c13-11-4-1-3-9-8(11)7-2-5-12(14)10-6-7/h1-6H. The van der Waals surface area contributed by atoms with Gasteiger partial charge in [-0.15, -0.1) is 0 Å². The molecule has 2 aromatic heterocycles. The van der Waals surface area contributed by atoms with Crippen molar-refractivity contribution in [1.82, 2.24) is 10.1 Å². The summed E-state index contributed by atoms with van der Waals surface area (Å²) in [5.74, 6) is 0.223. The van der Waals surface area contributed by atoms with Crippen LogP contribution < -0.4 is 9.58 Å². The molecule has 0 saturated carbocycles. The maximum atomic E-state index is 11.2. The lowest BCUT2D eigenvalue weighted by Gasteiger charge is -2.02. The zero-order valence-electron chi connectivity index (χ0n) is 7.07. The maximum absolute atomic E-state index is 11.2. The van der Waals surface area contributed by atoms with E-state index < -0.39 is 0 Å². The van der Waals surface area contributed by atoms with Gasteiger partial charge in [-0.1, -0.05) is 4.85 Å². The Kier molecular flexibility index (Phi) is 1.94. The fraction of sp³-hybridized carbons (Fsp3) is 0. The summed E-state index contributed by atoms with van der Waals surface area (Å²) in [5.41, 5.74) is 0.507. The first-order chi connectivity index (χ1) is 6.77. The van der Waals surface area contributed by atoms with Crippen molar-refractivity contribution >= 4 is 0 Å². The molecule has 70 valence electrons. The fourth-order valence-corrected chi connectivity index (χ4v) is 1.04. The smallest absolute Gasteiger partial charge is 0.335 e. The summed E-state index contributed by atoms with van der Waals surface area (Å²) in [6.45, 7) is 0. The monoisotopic (exact) mass is 190 g/mol. The summed E-state index contributed by atoms with van der Waals surface area (Å²) in [4.78, 5) is 4.28. The molecule has 6 heteroatoms. The highest BCUT2D eigenvalue weighted by molar-refractivity contribution is 5.48. The van der Waals surface area contributed by atoms with Crippen molar-refractivity contribution in [3.63, 3.8) is 0 Å². The Morgan fingerprint density at radius 1 is 1.21 bits per heavy atom. The van der Waals surface area contributed by atoms with Gasteiger partial charge in [0.2, 0.25) is 6.20 Å². The average Bonchev–Trinajstić information content (AvgIpc) is 2.20. The molecule has 0 fully saturated rings. The third kappa shape index (κ3) is 1.45. The van der Waals surface area contributed by atoms with Crippen LogP contribution in [0.1, 0.15) is 0 Å². The van der Waals surface area contributed by atoms with Crippen LogP contribution in [0.25, 0.3) is 11.4 Å². The van der Waals surface area contributed by atoms with Gasteiger partial charge >= 0.3 is 5.82 Å². The van der Waals surface area contributed by atoms with Crippen molar-refractivity contribution in [3.8, 4) is 11.4 Å². The SMILES string of the molecule is [O-][n+]1ccc(-c2nccc[n+]2[O-])cn1. The van der Waals surface area contributed by atoms with E-state index in [1.165, 1.54) is 36.9 Å². The topological polar surface area (TPSA) is 79.7 Å². The van der Waals surface area contributed by atoms with Gasteiger partial charge in [0.15, 0.2) is 0 Å². The molecule has 0 aliphatic carbocycles. The summed E-state index contributed by atoms with van der Waals surface area (Å²) in [6.07, 6.45) is 5.34. The van der Waals surface area contributed by atoms with Gasteiger partial charge in [-0.2, -0.15) is 0 Å². The molecule has 2 aromatic rings. The zero-order valence-corrected chi connectivity index (χ0v) is 7.07. The van der Waals surface area contributed by atoms with E-state index in [-0.39, 0.29) is 5.82 Å². The molecule has 0 amide bonds. The minimum Gasteiger partial charge on any atom is -0.710 e. The van der Waals surface area contributed by atoms with E-state index in [2.05, 4.69) is 10.1 Å². The van der Waals surface area contributed by atoms with Gasteiger partial charge in [0, 0.05) is 17.2 Å². The molecule has 0 atom stereocenters. The summed E-state index contributed by atoms with van der Waals surface area (Å²) < 4.78 is 0.617. The highest BCUT2D eigenvalue weighted by atomic mass is 16.5. The molecule has 6 nitrogen and oxygen atoms in total. The van der Waals surface area contributed by atoms with Crippen LogP contribution in [0, 0.1) is 10.4 Å². The molecular weight excluding hydrogens is 184 g/mol. The van der Waals surface area contributed by atoms with Crippen molar-refractivity contribution in [2.24, 2.45) is 0 Å². The molecular formula is C8H6N4O2. The van der Waals surface area contributed by atoms with Gasteiger partial charge < -0.3 is 10.4 Å². The van der Waals surface area contributed by atoms with Crippen LogP contribution in [-0.4, -0.2) is 10.1 Å². The lowest BCUT2D eigenvalue weighted by molar-refractivity contribution is -0.669. The average molecular weight is 190 g/mol. The van der Waals surface area contributed by atoms with Crippen LogP contribution in [0.5, 0.6) is 0 Å². The second-order valence-electron chi connectivity index (χ2n) is 2.59. The number of nitrogens with zero attached hydrogens (tertiary/aromatic N) is 4. The predicted octanol–water partition coefficient (Wildman–Crippen LogP) is -0.590. The lowest BCUT2D eigenvalue weighted by Crippen LogP contribution is -2.32. The van der Waals surface area contributed by atoms with Crippen LogP contribution >= 0.6 is 0 Å². The Bertz CT molecular complexity index is 443. The normalized spacial score (nSPS) is 10.0. The highest BCUT2D eigenvalue weighted by Crippen LogP contribution is 2.07. The van der Waals surface area contributed by atoms with E-state index in [1.54, 1.807) is 0 Å². The van der Waals surface area contributed by atoms with Crippen LogP contribution in [0.4, 0.5) is 0 Å². The molecule has 0 N–H and O–H groups in total. The van der Waals surface area contributed by atoms with Gasteiger partial charge in [0.1, 0.15) is 12.4 Å². The van der Waals surface area contributed by atoms with Crippen LogP contribution in [0.15, 0.2) is 36.9 Å². The van der Waals surface area contributed by atoms with Crippen LogP contribution in [-0.2, 0) is 0 Å². The van der Waals surface area contributed by atoms with E-state index in [1.807, 2.05) is 0 Å². The van der Waals surface area contributed by atoms with E-state index in [0.29, 0.717) is 15.1 Å². The molecule has 0 unspecified atom stereocenters. The Morgan fingerprint density at radius 2 is 2.07 bits per heavy atom. The Balaban J connectivity index is 2.50. The van der Waals surface area contributed by atoms with E-state index >= 15 is 0 Å². The van der Waals surface area contributed by atoms with E-state index in [0.717, 1.165) is 0 Å². The van der Waals surface area contributed by atoms with Crippen LogP contribution in [0.3, 0.4) is 0 Å². The first-order valence-electron chi connectivity index (χ1n) is 3.87. The highest BCUT2D eigenvalue weighted by Gasteiger charge is 2.10. The zero-order chi connectivity index (χ0) is 9.97. The lowest BCUT2D eigenvalue weighted by atomic mass is 10.3. The minimum absolute atomic E-state index is 0.223. The van der Waals surface area contributed by atoms with Crippen molar-refractivity contribution in [3.05, 3.63) is 47.3 Å². The Hall–Kier alpha value is -2.24. The maximum Gasteiger partial charge on any atom is 0.335 e. The first-order valence-corrected chi connectivity index (χ1v) is 3.87. The van der Waals surface area contributed by atoms with Gasteiger partial charge in [-0.25, -0.2) is 4.73 Å². The van der Waals surface area contributed by atoms with E-state index in [4.69, 9.17) is 0 Å². The van der Waals surface area contributed by atoms with Crippen molar-refractivity contribution in [2.75, 3.05) is 0 Å². The molecule has 0 radical (unpaired) electrons. The van der Waals surface area contributed by atoms with Gasteiger partial charge in [-0.3, -0.25) is 0 Å². The summed E-state index contributed by atoms with van der Waals surface area (Å²) in [5, 5.41) is 25.3. The molecule has 0 bridgehead atoms. The second-order valence-corrected chi connectivity index (χ2v) is 2.59. The summed E-state index contributed by atoms with van der Waals surface area (Å²) >= 11 is 0. The van der Waals surface area contributed by atoms with E-state index in [9.17, 15) is 10.4 Å². The number of hydrogen-bond acceptors (Lipinski definition) is 4. The molecule has 14 heavy (non-hydrogen) atoms. The first kappa shape index (κ1) is 8.36. The second kappa shape index (κ2) is 3.25. The number of hydrogen-bond donors (Lipinski definition) is 0. The number of rotatable bonds is 1. The molecule has 0 aliphatic heterocycles. The summed E-state index contributed by atoms with van der Waals surface area (Å²) in [7, 11) is 0. The van der Waals surface area contributed by atoms with Crippen molar-refractivity contribution < 1.29 is 9.58 Å². The van der Waals surface area contributed by atoms with Crippen molar-refractivity contribution in [2.45, 2.75) is 0 Å². The molecule has 0 saturated heterocycles. The Morgan fingerprint density at radius 3 is 2.71 bits per heavy atom. The molecule has 0 aliphatic rings. The largest absolute Gasteiger partial charge is 0.710 e. The predicted molar refractivity (Wildman–Crippen MR) is 45.4 cm³/mol. The Labute approximate surface area is 79.3 Å². The molecule has 2 rings (SSSR count). The van der Waals surface area contributed by atoms with Crippen molar-refractivity contribution in [1.29, 1.82) is 0 Å². The van der Waals surface area contributed by atoms with Crippen LogP contribution in [0.2, 0.25) is 0 Å². The fourth-order valence-electron chi connectivity index (χ4n) is 1.04. The van der Waals surface area contributed by atoms with Gasteiger partial charge in [0.25, 0.3) is 0 Å². The molecule has 0 spiro atoms. The molecule has 2 heterocycles. The number of aromatic nitrogens is 4. The third-order valence-electron chi connectivity index (χ3n) is 1.66. The summed E-state index contributed by atoms with van der Waals surface area (Å²) in [6, 6.07) is 3.01. The third-order valence-corrected chi connectivity index (χ3v) is 1.66. The van der Waals surface area contributed by atoms with Gasteiger partial charge in [-0.05, 0) is 4.98 Å². The molecule has 0 aromatic carbocycles. The van der Waals surface area contributed by atoms with Gasteiger partial charge in [0.05, 0.1) is 11.8 Å². The minimum atomic E-state index is 0.223.